The van der Waals surface area contributed by atoms with Crippen molar-refractivity contribution in [3.8, 4) is 11.5 Å². The van der Waals surface area contributed by atoms with E-state index in [1.807, 2.05) is 6.92 Å². The highest BCUT2D eigenvalue weighted by atomic mass is 19.1. The SMILES string of the molecule is CC/C(=N/c1cc(OC)cc(OC)c1)c1ccc(F)cc1F. The topological polar surface area (TPSA) is 30.8 Å². The number of ether oxygens (including phenoxy) is 2. The number of benzene rings is 2. The number of hydrogen-bond acceptors (Lipinski definition) is 3. The highest BCUT2D eigenvalue weighted by Gasteiger charge is 2.10. The number of aliphatic imine (C=N–C) groups is 1. The van der Waals surface area contributed by atoms with Crippen LogP contribution in [0.4, 0.5) is 14.5 Å². The summed E-state index contributed by atoms with van der Waals surface area (Å²) in [7, 11) is 3.09. The molecule has 3 nitrogen and oxygen atoms in total. The molecule has 0 amide bonds. The molecule has 0 spiro atoms. The predicted molar refractivity (Wildman–Crippen MR) is 82.4 cm³/mol. The molecular formula is C17H17F2NO2. The van der Waals surface area contributed by atoms with Gasteiger partial charge >= 0.3 is 0 Å². The van der Waals surface area contributed by atoms with Crippen LogP contribution >= 0.6 is 0 Å². The molecule has 0 aliphatic heterocycles. The van der Waals surface area contributed by atoms with Crippen molar-refractivity contribution in [3.05, 3.63) is 53.6 Å². The smallest absolute Gasteiger partial charge is 0.135 e. The molecule has 0 heterocycles. The minimum atomic E-state index is -0.629. The number of halogens is 2. The summed E-state index contributed by atoms with van der Waals surface area (Å²) in [6.07, 6.45) is 0.502. The van der Waals surface area contributed by atoms with Gasteiger partial charge in [-0.1, -0.05) is 6.92 Å². The minimum Gasteiger partial charge on any atom is -0.497 e. The molecule has 0 N–H and O–H groups in total. The summed E-state index contributed by atoms with van der Waals surface area (Å²) in [5.74, 6) is -0.0588. The maximum Gasteiger partial charge on any atom is 0.135 e. The van der Waals surface area contributed by atoms with Gasteiger partial charge in [0, 0.05) is 29.8 Å². The van der Waals surface area contributed by atoms with Crippen LogP contribution in [0.3, 0.4) is 0 Å². The van der Waals surface area contributed by atoms with Gasteiger partial charge in [-0.2, -0.15) is 0 Å². The van der Waals surface area contributed by atoms with E-state index < -0.39 is 11.6 Å². The zero-order chi connectivity index (χ0) is 16.1. The third kappa shape index (κ3) is 3.61. The second-order valence-electron chi connectivity index (χ2n) is 4.61. The molecule has 22 heavy (non-hydrogen) atoms. The molecule has 0 aliphatic carbocycles. The highest BCUT2D eigenvalue weighted by molar-refractivity contribution is 6.02. The van der Waals surface area contributed by atoms with E-state index in [0.29, 0.717) is 29.3 Å². The van der Waals surface area contributed by atoms with E-state index in [4.69, 9.17) is 9.47 Å². The molecule has 2 aromatic rings. The summed E-state index contributed by atoms with van der Waals surface area (Å²) in [5, 5.41) is 0. The van der Waals surface area contributed by atoms with E-state index in [0.717, 1.165) is 6.07 Å². The van der Waals surface area contributed by atoms with E-state index >= 15 is 0 Å². The van der Waals surface area contributed by atoms with Crippen molar-refractivity contribution in [2.45, 2.75) is 13.3 Å². The molecule has 0 aliphatic rings. The van der Waals surface area contributed by atoms with Crippen LogP contribution in [0.1, 0.15) is 18.9 Å². The Balaban J connectivity index is 2.48. The molecule has 0 fully saturated rings. The third-order valence-electron chi connectivity index (χ3n) is 3.18. The summed E-state index contributed by atoms with van der Waals surface area (Å²) in [4.78, 5) is 4.45. The Morgan fingerprint density at radius 2 is 1.64 bits per heavy atom. The highest BCUT2D eigenvalue weighted by Crippen LogP contribution is 2.28. The first kappa shape index (κ1) is 15.9. The first-order valence-electron chi connectivity index (χ1n) is 6.83. The van der Waals surface area contributed by atoms with Crippen LogP contribution in [0.2, 0.25) is 0 Å². The van der Waals surface area contributed by atoms with Gasteiger partial charge in [-0.3, -0.25) is 4.99 Å². The van der Waals surface area contributed by atoms with Crippen molar-refractivity contribution in [1.29, 1.82) is 0 Å². The van der Waals surface area contributed by atoms with Crippen LogP contribution in [-0.4, -0.2) is 19.9 Å². The molecule has 0 radical (unpaired) electrons. The Hall–Kier alpha value is -2.43. The number of rotatable bonds is 5. The number of methoxy groups -OCH3 is 2. The molecule has 0 bridgehead atoms. The van der Waals surface area contributed by atoms with Crippen molar-refractivity contribution in [3.63, 3.8) is 0 Å². The van der Waals surface area contributed by atoms with Gasteiger partial charge in [-0.15, -0.1) is 0 Å². The Morgan fingerprint density at radius 1 is 1.00 bits per heavy atom. The normalized spacial score (nSPS) is 11.4. The lowest BCUT2D eigenvalue weighted by Crippen LogP contribution is -2.02. The van der Waals surface area contributed by atoms with Crippen molar-refractivity contribution in [1.82, 2.24) is 0 Å². The van der Waals surface area contributed by atoms with E-state index in [1.54, 1.807) is 32.4 Å². The van der Waals surface area contributed by atoms with Crippen LogP contribution in [0.25, 0.3) is 0 Å². The number of hydrogen-bond donors (Lipinski definition) is 0. The van der Waals surface area contributed by atoms with Gasteiger partial charge in [0.2, 0.25) is 0 Å². The molecule has 0 atom stereocenters. The zero-order valence-corrected chi connectivity index (χ0v) is 12.7. The lowest BCUT2D eigenvalue weighted by Gasteiger charge is -2.09. The first-order valence-corrected chi connectivity index (χ1v) is 6.83. The van der Waals surface area contributed by atoms with Gasteiger partial charge in [-0.25, -0.2) is 8.78 Å². The third-order valence-corrected chi connectivity index (χ3v) is 3.18. The Kier molecular flexibility index (Phi) is 5.09. The molecule has 116 valence electrons. The average Bonchev–Trinajstić information content (AvgIpc) is 2.52. The van der Waals surface area contributed by atoms with Crippen molar-refractivity contribution < 1.29 is 18.3 Å². The van der Waals surface area contributed by atoms with Crippen LogP contribution in [-0.2, 0) is 0 Å². The van der Waals surface area contributed by atoms with Gasteiger partial charge in [-0.05, 0) is 18.6 Å². The Labute approximate surface area is 128 Å². The lowest BCUT2D eigenvalue weighted by molar-refractivity contribution is 0.394. The summed E-state index contributed by atoms with van der Waals surface area (Å²) in [6, 6.07) is 8.63. The van der Waals surface area contributed by atoms with Gasteiger partial charge in [0.15, 0.2) is 0 Å². The molecule has 0 aromatic heterocycles. The monoisotopic (exact) mass is 305 g/mol. The molecule has 2 rings (SSSR count). The van der Waals surface area contributed by atoms with Gasteiger partial charge in [0.25, 0.3) is 0 Å². The summed E-state index contributed by atoms with van der Waals surface area (Å²) >= 11 is 0. The van der Waals surface area contributed by atoms with Crippen LogP contribution in [0.5, 0.6) is 11.5 Å². The summed E-state index contributed by atoms with van der Waals surface area (Å²) in [5.41, 5.74) is 1.38. The summed E-state index contributed by atoms with van der Waals surface area (Å²) in [6.45, 7) is 1.86. The van der Waals surface area contributed by atoms with E-state index in [-0.39, 0.29) is 5.56 Å². The molecule has 0 saturated carbocycles. The fourth-order valence-corrected chi connectivity index (χ4v) is 2.07. The van der Waals surface area contributed by atoms with Crippen LogP contribution < -0.4 is 9.47 Å². The van der Waals surface area contributed by atoms with Gasteiger partial charge < -0.3 is 9.47 Å². The Bertz CT molecular complexity index is 677. The molecule has 2 aromatic carbocycles. The average molecular weight is 305 g/mol. The quantitative estimate of drug-likeness (QED) is 0.761. The van der Waals surface area contributed by atoms with Gasteiger partial charge in [0.1, 0.15) is 23.1 Å². The molecule has 5 heteroatoms. The first-order chi connectivity index (χ1) is 10.6. The second kappa shape index (κ2) is 7.02. The number of nitrogens with zero attached hydrogens (tertiary/aromatic N) is 1. The molecular weight excluding hydrogens is 288 g/mol. The fourth-order valence-electron chi connectivity index (χ4n) is 2.07. The van der Waals surface area contributed by atoms with Crippen LogP contribution in [0, 0.1) is 11.6 Å². The fraction of sp³-hybridized carbons (Fsp3) is 0.235. The maximum absolute atomic E-state index is 13.9. The largest absolute Gasteiger partial charge is 0.497 e. The minimum absolute atomic E-state index is 0.283. The summed E-state index contributed by atoms with van der Waals surface area (Å²) < 4.78 is 37.3. The van der Waals surface area contributed by atoms with E-state index in [1.165, 1.54) is 12.1 Å². The predicted octanol–water partition coefficient (Wildman–Crippen LogP) is 4.51. The van der Waals surface area contributed by atoms with E-state index in [9.17, 15) is 8.78 Å². The zero-order valence-electron chi connectivity index (χ0n) is 12.7. The Morgan fingerprint density at radius 3 is 2.14 bits per heavy atom. The van der Waals surface area contributed by atoms with Crippen LogP contribution in [0.15, 0.2) is 41.4 Å². The van der Waals surface area contributed by atoms with Crippen molar-refractivity contribution in [2.75, 3.05) is 14.2 Å². The molecule has 0 unspecified atom stereocenters. The standard InChI is InChI=1S/C17H17F2NO2/c1-4-17(15-6-5-11(18)7-16(15)19)20-12-8-13(21-2)10-14(9-12)22-3/h5-10H,4H2,1-3H3/b20-17-. The molecule has 0 saturated heterocycles. The van der Waals surface area contributed by atoms with Crippen molar-refractivity contribution in [2.24, 2.45) is 4.99 Å². The van der Waals surface area contributed by atoms with E-state index in [2.05, 4.69) is 4.99 Å². The lowest BCUT2D eigenvalue weighted by atomic mass is 10.1. The van der Waals surface area contributed by atoms with Crippen molar-refractivity contribution >= 4 is 11.4 Å². The van der Waals surface area contributed by atoms with Gasteiger partial charge in [0.05, 0.1) is 25.6 Å². The maximum atomic E-state index is 13.9. The second-order valence-corrected chi connectivity index (χ2v) is 4.61.